The summed E-state index contributed by atoms with van der Waals surface area (Å²) in [5, 5.41) is 0. The van der Waals surface area contributed by atoms with Crippen LogP contribution in [0, 0.1) is 17.8 Å². The van der Waals surface area contributed by atoms with E-state index in [1.807, 2.05) is 0 Å². The second-order valence-corrected chi connectivity index (χ2v) is 4.81. The molecule has 0 aromatic heterocycles. The molecule has 0 amide bonds. The van der Waals surface area contributed by atoms with Crippen molar-refractivity contribution < 1.29 is 9.47 Å². The SMILES string of the molecule is CCC(C)[C@@H]1COC2C1OC[C@@H]2CC. The van der Waals surface area contributed by atoms with Crippen LogP contribution in [-0.4, -0.2) is 25.4 Å². The van der Waals surface area contributed by atoms with Crippen LogP contribution in [0.2, 0.25) is 0 Å². The first-order valence-electron chi connectivity index (χ1n) is 6.01. The Morgan fingerprint density at radius 3 is 2.50 bits per heavy atom. The van der Waals surface area contributed by atoms with Gasteiger partial charge in [-0.15, -0.1) is 0 Å². The fourth-order valence-corrected chi connectivity index (χ4v) is 2.75. The number of hydrogen-bond donors (Lipinski definition) is 0. The van der Waals surface area contributed by atoms with Gasteiger partial charge in [-0.1, -0.05) is 27.2 Å². The summed E-state index contributed by atoms with van der Waals surface area (Å²) in [7, 11) is 0. The van der Waals surface area contributed by atoms with Crippen molar-refractivity contribution in [3.63, 3.8) is 0 Å². The van der Waals surface area contributed by atoms with Gasteiger partial charge < -0.3 is 9.47 Å². The van der Waals surface area contributed by atoms with E-state index < -0.39 is 0 Å². The van der Waals surface area contributed by atoms with Crippen molar-refractivity contribution in [2.45, 2.75) is 45.8 Å². The lowest BCUT2D eigenvalue weighted by atomic mass is 9.85. The van der Waals surface area contributed by atoms with Gasteiger partial charge in [0.05, 0.1) is 25.4 Å². The smallest absolute Gasteiger partial charge is 0.0893 e. The van der Waals surface area contributed by atoms with Crippen LogP contribution in [0.5, 0.6) is 0 Å². The molecule has 2 heterocycles. The largest absolute Gasteiger partial charge is 0.375 e. The standard InChI is InChI=1S/C12H22O2/c1-4-8(3)10-7-14-11-9(5-2)6-13-12(10)11/h8-12H,4-7H2,1-3H3/t8?,9-,10-,11?,12?/m0/s1. The lowest BCUT2D eigenvalue weighted by Crippen LogP contribution is -2.29. The Bertz CT molecular complexity index is 193. The molecule has 0 N–H and O–H groups in total. The minimum atomic E-state index is 0.398. The quantitative estimate of drug-likeness (QED) is 0.693. The number of rotatable bonds is 3. The second-order valence-electron chi connectivity index (χ2n) is 4.81. The summed E-state index contributed by atoms with van der Waals surface area (Å²) in [6, 6.07) is 0. The maximum absolute atomic E-state index is 5.89. The lowest BCUT2D eigenvalue weighted by molar-refractivity contribution is 0.0526. The summed E-state index contributed by atoms with van der Waals surface area (Å²) in [5.74, 6) is 2.02. The molecule has 2 nitrogen and oxygen atoms in total. The molecule has 2 fully saturated rings. The predicted octanol–water partition coefficient (Wildman–Crippen LogP) is 2.47. The van der Waals surface area contributed by atoms with Gasteiger partial charge >= 0.3 is 0 Å². The number of ether oxygens (including phenoxy) is 2. The molecule has 2 aliphatic heterocycles. The number of hydrogen-bond acceptors (Lipinski definition) is 2. The molecular formula is C12H22O2. The van der Waals surface area contributed by atoms with Gasteiger partial charge in [-0.25, -0.2) is 0 Å². The van der Waals surface area contributed by atoms with E-state index in [4.69, 9.17) is 9.47 Å². The Labute approximate surface area is 87.0 Å². The van der Waals surface area contributed by atoms with Gasteiger partial charge in [0, 0.05) is 11.8 Å². The third kappa shape index (κ3) is 1.59. The molecule has 2 rings (SSSR count). The Morgan fingerprint density at radius 1 is 1.14 bits per heavy atom. The number of fused-ring (bicyclic) bond motifs is 1. The molecule has 0 aromatic rings. The van der Waals surface area contributed by atoms with Gasteiger partial charge in [0.25, 0.3) is 0 Å². The lowest BCUT2D eigenvalue weighted by Gasteiger charge is -2.21. The van der Waals surface area contributed by atoms with E-state index in [-0.39, 0.29) is 0 Å². The molecule has 0 saturated carbocycles. The molecule has 5 atom stereocenters. The third-order valence-electron chi connectivity index (χ3n) is 4.09. The van der Waals surface area contributed by atoms with Crippen LogP contribution >= 0.6 is 0 Å². The van der Waals surface area contributed by atoms with Gasteiger partial charge in [-0.3, -0.25) is 0 Å². The Morgan fingerprint density at radius 2 is 1.86 bits per heavy atom. The summed E-state index contributed by atoms with van der Waals surface area (Å²) >= 11 is 0. The van der Waals surface area contributed by atoms with E-state index in [9.17, 15) is 0 Å². The summed E-state index contributed by atoms with van der Waals surface area (Å²) in [4.78, 5) is 0. The predicted molar refractivity (Wildman–Crippen MR) is 56.2 cm³/mol. The van der Waals surface area contributed by atoms with Crippen LogP contribution in [0.3, 0.4) is 0 Å². The zero-order chi connectivity index (χ0) is 10.1. The van der Waals surface area contributed by atoms with Crippen LogP contribution in [0.15, 0.2) is 0 Å². The van der Waals surface area contributed by atoms with E-state index >= 15 is 0 Å². The van der Waals surface area contributed by atoms with Crippen LogP contribution in [0.1, 0.15) is 33.6 Å². The van der Waals surface area contributed by atoms with Crippen LogP contribution in [-0.2, 0) is 9.47 Å². The zero-order valence-corrected chi connectivity index (χ0v) is 9.53. The molecular weight excluding hydrogens is 176 g/mol. The summed E-state index contributed by atoms with van der Waals surface area (Å²) in [6.07, 6.45) is 3.22. The van der Waals surface area contributed by atoms with Crippen LogP contribution < -0.4 is 0 Å². The van der Waals surface area contributed by atoms with E-state index in [0.29, 0.717) is 24.0 Å². The normalized spacial score (nSPS) is 43.9. The topological polar surface area (TPSA) is 18.5 Å². The molecule has 82 valence electrons. The summed E-state index contributed by atoms with van der Waals surface area (Å²) < 4.78 is 11.8. The van der Waals surface area contributed by atoms with Gasteiger partial charge in [-0.2, -0.15) is 0 Å². The highest BCUT2D eigenvalue weighted by Crippen LogP contribution is 2.39. The highest BCUT2D eigenvalue weighted by Gasteiger charge is 2.47. The van der Waals surface area contributed by atoms with E-state index in [1.54, 1.807) is 0 Å². The van der Waals surface area contributed by atoms with E-state index in [0.717, 1.165) is 19.1 Å². The average Bonchev–Trinajstić information content (AvgIpc) is 2.76. The Balaban J connectivity index is 2.00. The van der Waals surface area contributed by atoms with Gasteiger partial charge in [0.1, 0.15) is 0 Å². The fraction of sp³-hybridized carbons (Fsp3) is 1.00. The second kappa shape index (κ2) is 4.19. The minimum absolute atomic E-state index is 0.398. The molecule has 0 aromatic carbocycles. The van der Waals surface area contributed by atoms with Crippen LogP contribution in [0.25, 0.3) is 0 Å². The van der Waals surface area contributed by atoms with Crippen molar-refractivity contribution >= 4 is 0 Å². The highest BCUT2D eigenvalue weighted by molar-refractivity contribution is 4.94. The van der Waals surface area contributed by atoms with Gasteiger partial charge in [0.2, 0.25) is 0 Å². The molecule has 3 unspecified atom stereocenters. The van der Waals surface area contributed by atoms with Crippen molar-refractivity contribution in [3.8, 4) is 0 Å². The molecule has 0 aliphatic carbocycles. The maximum atomic E-state index is 5.89. The first-order valence-corrected chi connectivity index (χ1v) is 6.01. The molecule has 2 saturated heterocycles. The van der Waals surface area contributed by atoms with Crippen molar-refractivity contribution in [2.24, 2.45) is 17.8 Å². The van der Waals surface area contributed by atoms with Crippen molar-refractivity contribution in [1.29, 1.82) is 0 Å². The zero-order valence-electron chi connectivity index (χ0n) is 9.53. The van der Waals surface area contributed by atoms with Crippen LogP contribution in [0.4, 0.5) is 0 Å². The monoisotopic (exact) mass is 198 g/mol. The van der Waals surface area contributed by atoms with Crippen molar-refractivity contribution in [1.82, 2.24) is 0 Å². The fourth-order valence-electron chi connectivity index (χ4n) is 2.75. The molecule has 0 spiro atoms. The van der Waals surface area contributed by atoms with Crippen molar-refractivity contribution in [3.05, 3.63) is 0 Å². The molecule has 14 heavy (non-hydrogen) atoms. The first-order chi connectivity index (χ1) is 6.77. The molecule has 0 radical (unpaired) electrons. The third-order valence-corrected chi connectivity index (χ3v) is 4.09. The van der Waals surface area contributed by atoms with Gasteiger partial charge in [-0.05, 0) is 12.3 Å². The molecule has 2 aliphatic rings. The Hall–Kier alpha value is -0.0800. The minimum Gasteiger partial charge on any atom is -0.375 e. The molecule has 2 heteroatoms. The highest BCUT2D eigenvalue weighted by atomic mass is 16.6. The first kappa shape index (κ1) is 10.4. The maximum Gasteiger partial charge on any atom is 0.0893 e. The van der Waals surface area contributed by atoms with Gasteiger partial charge in [0.15, 0.2) is 0 Å². The summed E-state index contributed by atoms with van der Waals surface area (Å²) in [6.45, 7) is 8.64. The average molecular weight is 198 g/mol. The van der Waals surface area contributed by atoms with E-state index in [2.05, 4.69) is 20.8 Å². The molecule has 0 bridgehead atoms. The summed E-state index contributed by atoms with van der Waals surface area (Å²) in [5.41, 5.74) is 0. The Kier molecular flexibility index (Phi) is 3.13. The van der Waals surface area contributed by atoms with Crippen molar-refractivity contribution in [2.75, 3.05) is 13.2 Å². The van der Waals surface area contributed by atoms with E-state index in [1.165, 1.54) is 12.8 Å².